The van der Waals surface area contributed by atoms with E-state index in [0.717, 1.165) is 10.8 Å². The van der Waals surface area contributed by atoms with Crippen LogP contribution >= 0.6 is 0 Å². The molecule has 3 aromatic carbocycles. The highest BCUT2D eigenvalue weighted by atomic mass is 32.2. The first-order valence-corrected chi connectivity index (χ1v) is 11.7. The Hall–Kier alpha value is -2.70. The van der Waals surface area contributed by atoms with Gasteiger partial charge in [-0.15, -0.1) is 0 Å². The van der Waals surface area contributed by atoms with Gasteiger partial charge in [0.1, 0.15) is 0 Å². The maximum atomic E-state index is 13.1. The summed E-state index contributed by atoms with van der Waals surface area (Å²) >= 11 is 0. The van der Waals surface area contributed by atoms with Crippen LogP contribution in [0.3, 0.4) is 0 Å². The summed E-state index contributed by atoms with van der Waals surface area (Å²) in [4.78, 5) is 14.8. The molecule has 0 radical (unpaired) electrons. The molecule has 0 aromatic heterocycles. The zero-order chi connectivity index (χ0) is 21.3. The van der Waals surface area contributed by atoms with Crippen molar-refractivity contribution in [3.63, 3.8) is 0 Å². The van der Waals surface area contributed by atoms with Crippen molar-refractivity contribution < 1.29 is 13.2 Å². The summed E-state index contributed by atoms with van der Waals surface area (Å²) in [6.45, 7) is 5.60. The highest BCUT2D eigenvalue weighted by Crippen LogP contribution is 2.23. The number of hydrogen-bond donors (Lipinski definition) is 0. The standard InChI is InChI=1S/C24H26N2O3S/c1-18(2)19-7-9-21(10-8-19)24(27)25-13-15-26(16-14-25)30(28,29)23-12-11-20-5-3-4-6-22(20)17-23/h3-12,17-18H,13-16H2,1-2H3. The molecular formula is C24H26N2O3S. The molecule has 3 aromatic rings. The van der Waals surface area contributed by atoms with Crippen LogP contribution in [-0.4, -0.2) is 49.7 Å². The van der Waals surface area contributed by atoms with Gasteiger partial charge < -0.3 is 4.90 Å². The SMILES string of the molecule is CC(C)c1ccc(C(=O)N2CCN(S(=O)(=O)c3ccc4ccccc4c3)CC2)cc1. The maximum Gasteiger partial charge on any atom is 0.253 e. The van der Waals surface area contributed by atoms with E-state index in [1.807, 2.05) is 54.6 Å². The molecule has 0 aliphatic carbocycles. The summed E-state index contributed by atoms with van der Waals surface area (Å²) in [6, 6.07) is 20.6. The van der Waals surface area contributed by atoms with E-state index in [0.29, 0.717) is 42.6 Å². The molecule has 1 heterocycles. The molecule has 1 aliphatic rings. The number of amides is 1. The van der Waals surface area contributed by atoms with Crippen LogP contribution in [0.15, 0.2) is 71.6 Å². The topological polar surface area (TPSA) is 57.7 Å². The smallest absolute Gasteiger partial charge is 0.253 e. The van der Waals surface area contributed by atoms with Crippen LogP contribution in [-0.2, 0) is 10.0 Å². The Kier molecular flexibility index (Phi) is 5.62. The number of rotatable bonds is 4. The molecule has 0 bridgehead atoms. The molecule has 6 heteroatoms. The molecule has 4 rings (SSSR count). The van der Waals surface area contributed by atoms with Gasteiger partial charge in [-0.1, -0.05) is 56.3 Å². The highest BCUT2D eigenvalue weighted by Gasteiger charge is 2.30. The van der Waals surface area contributed by atoms with Gasteiger partial charge in [0.15, 0.2) is 0 Å². The first-order chi connectivity index (χ1) is 14.4. The van der Waals surface area contributed by atoms with Crippen molar-refractivity contribution in [2.24, 2.45) is 0 Å². The number of carbonyl (C=O) groups excluding carboxylic acids is 1. The quantitative estimate of drug-likeness (QED) is 0.636. The van der Waals surface area contributed by atoms with Crippen LogP contribution < -0.4 is 0 Å². The van der Waals surface area contributed by atoms with E-state index in [1.54, 1.807) is 17.0 Å². The first kappa shape index (κ1) is 20.6. The van der Waals surface area contributed by atoms with Gasteiger partial charge in [0.05, 0.1) is 4.90 Å². The van der Waals surface area contributed by atoms with Crippen LogP contribution in [0, 0.1) is 0 Å². The first-order valence-electron chi connectivity index (χ1n) is 10.2. The normalized spacial score (nSPS) is 15.6. The van der Waals surface area contributed by atoms with Gasteiger partial charge >= 0.3 is 0 Å². The van der Waals surface area contributed by atoms with Gasteiger partial charge in [-0.2, -0.15) is 4.31 Å². The second kappa shape index (κ2) is 8.20. The summed E-state index contributed by atoms with van der Waals surface area (Å²) < 4.78 is 27.7. The van der Waals surface area contributed by atoms with Crippen molar-refractivity contribution in [3.8, 4) is 0 Å². The van der Waals surface area contributed by atoms with E-state index in [1.165, 1.54) is 9.87 Å². The van der Waals surface area contributed by atoms with E-state index >= 15 is 0 Å². The fraction of sp³-hybridized carbons (Fsp3) is 0.292. The molecule has 0 N–H and O–H groups in total. The van der Waals surface area contributed by atoms with Crippen molar-refractivity contribution in [1.82, 2.24) is 9.21 Å². The second-order valence-corrected chi connectivity index (χ2v) is 9.92. The van der Waals surface area contributed by atoms with Gasteiger partial charge in [-0.3, -0.25) is 4.79 Å². The molecule has 1 amide bonds. The molecule has 156 valence electrons. The lowest BCUT2D eigenvalue weighted by molar-refractivity contribution is 0.0698. The van der Waals surface area contributed by atoms with E-state index < -0.39 is 10.0 Å². The largest absolute Gasteiger partial charge is 0.336 e. The highest BCUT2D eigenvalue weighted by molar-refractivity contribution is 7.89. The molecule has 0 spiro atoms. The van der Waals surface area contributed by atoms with Crippen molar-refractivity contribution in [1.29, 1.82) is 0 Å². The van der Waals surface area contributed by atoms with Gasteiger partial charge in [-0.25, -0.2) is 8.42 Å². The van der Waals surface area contributed by atoms with Gasteiger partial charge in [0, 0.05) is 31.7 Å². The van der Waals surface area contributed by atoms with E-state index in [-0.39, 0.29) is 5.91 Å². The van der Waals surface area contributed by atoms with E-state index in [4.69, 9.17) is 0 Å². The Morgan fingerprint density at radius 2 is 1.47 bits per heavy atom. The van der Waals surface area contributed by atoms with Crippen LogP contribution in [0.5, 0.6) is 0 Å². The fourth-order valence-corrected chi connectivity index (χ4v) is 5.26. The number of benzene rings is 3. The monoisotopic (exact) mass is 422 g/mol. The van der Waals surface area contributed by atoms with Crippen molar-refractivity contribution in [2.75, 3.05) is 26.2 Å². The van der Waals surface area contributed by atoms with E-state index in [9.17, 15) is 13.2 Å². The lowest BCUT2D eigenvalue weighted by atomic mass is 10.0. The molecule has 5 nitrogen and oxygen atoms in total. The van der Waals surface area contributed by atoms with Gasteiger partial charge in [-0.05, 0) is 46.5 Å². The number of sulfonamides is 1. The molecular weight excluding hydrogens is 396 g/mol. The number of hydrogen-bond acceptors (Lipinski definition) is 3. The van der Waals surface area contributed by atoms with Crippen molar-refractivity contribution in [3.05, 3.63) is 77.9 Å². The number of carbonyl (C=O) groups is 1. The maximum absolute atomic E-state index is 13.1. The third-order valence-electron chi connectivity index (χ3n) is 5.71. The van der Waals surface area contributed by atoms with Crippen LogP contribution in [0.1, 0.15) is 35.7 Å². The Morgan fingerprint density at radius 3 is 2.10 bits per heavy atom. The molecule has 1 saturated heterocycles. The lowest BCUT2D eigenvalue weighted by Crippen LogP contribution is -2.50. The Bertz CT molecular complexity index is 1160. The van der Waals surface area contributed by atoms with Crippen LogP contribution in [0.25, 0.3) is 10.8 Å². The zero-order valence-electron chi connectivity index (χ0n) is 17.3. The minimum Gasteiger partial charge on any atom is -0.336 e. The number of nitrogens with zero attached hydrogens (tertiary/aromatic N) is 2. The summed E-state index contributed by atoms with van der Waals surface area (Å²) in [5, 5.41) is 1.91. The van der Waals surface area contributed by atoms with Crippen molar-refractivity contribution in [2.45, 2.75) is 24.7 Å². The summed E-state index contributed by atoms with van der Waals surface area (Å²) in [5.41, 5.74) is 1.84. The minimum atomic E-state index is -3.59. The third kappa shape index (κ3) is 3.98. The molecule has 1 aliphatic heterocycles. The van der Waals surface area contributed by atoms with Gasteiger partial charge in [0.25, 0.3) is 5.91 Å². The third-order valence-corrected chi connectivity index (χ3v) is 7.60. The van der Waals surface area contributed by atoms with Crippen molar-refractivity contribution >= 4 is 26.7 Å². The summed E-state index contributed by atoms with van der Waals surface area (Å²) in [5.74, 6) is 0.367. The lowest BCUT2D eigenvalue weighted by Gasteiger charge is -2.34. The average molecular weight is 423 g/mol. The zero-order valence-corrected chi connectivity index (χ0v) is 18.1. The number of fused-ring (bicyclic) bond motifs is 1. The molecule has 0 saturated carbocycles. The molecule has 30 heavy (non-hydrogen) atoms. The Labute approximate surface area is 178 Å². The minimum absolute atomic E-state index is 0.0481. The summed E-state index contributed by atoms with van der Waals surface area (Å²) in [6.07, 6.45) is 0. The predicted octanol–water partition coefficient (Wildman–Crippen LogP) is 4.11. The van der Waals surface area contributed by atoms with Crippen LogP contribution in [0.4, 0.5) is 0 Å². The average Bonchev–Trinajstić information content (AvgIpc) is 2.78. The fourth-order valence-electron chi connectivity index (χ4n) is 3.80. The van der Waals surface area contributed by atoms with E-state index in [2.05, 4.69) is 13.8 Å². The Balaban J connectivity index is 1.45. The summed E-state index contributed by atoms with van der Waals surface area (Å²) in [7, 11) is -3.59. The number of piperazine rings is 1. The molecule has 1 fully saturated rings. The predicted molar refractivity (Wildman–Crippen MR) is 119 cm³/mol. The molecule has 0 atom stereocenters. The molecule has 0 unspecified atom stereocenters. The Morgan fingerprint density at radius 1 is 0.833 bits per heavy atom. The van der Waals surface area contributed by atoms with Gasteiger partial charge in [0.2, 0.25) is 10.0 Å². The second-order valence-electron chi connectivity index (χ2n) is 7.98. The van der Waals surface area contributed by atoms with Crippen LogP contribution in [0.2, 0.25) is 0 Å².